The zero-order valence-corrected chi connectivity index (χ0v) is 14.0. The van der Waals surface area contributed by atoms with Gasteiger partial charge in [0.25, 0.3) is 0 Å². The molecule has 0 aliphatic rings. The molecule has 0 spiro atoms. The number of hydrogen-bond acceptors (Lipinski definition) is 4. The number of ether oxygens (including phenoxy) is 2. The summed E-state index contributed by atoms with van der Waals surface area (Å²) in [5.41, 5.74) is 1.89. The maximum Gasteiger partial charge on any atom is 0.137 e. The quantitative estimate of drug-likeness (QED) is 0.726. The van der Waals surface area contributed by atoms with E-state index in [2.05, 4.69) is 10.6 Å². The van der Waals surface area contributed by atoms with Crippen LogP contribution in [0.15, 0.2) is 36.4 Å². The van der Waals surface area contributed by atoms with Gasteiger partial charge in [0, 0.05) is 24.5 Å². The molecule has 4 nitrogen and oxygen atoms in total. The fourth-order valence-corrected chi connectivity index (χ4v) is 2.48. The molecule has 0 aliphatic carbocycles. The van der Waals surface area contributed by atoms with Crippen LogP contribution < -0.4 is 20.1 Å². The molecule has 0 saturated heterocycles. The number of benzene rings is 2. The SMILES string of the molecule is COc1ccc(NCCNc2ccc(OC)c(Cl)c2)cc1Cl. The Labute approximate surface area is 140 Å². The van der Waals surface area contributed by atoms with Crippen LogP contribution in [0.1, 0.15) is 0 Å². The molecule has 0 aliphatic heterocycles. The highest BCUT2D eigenvalue weighted by atomic mass is 35.5. The fourth-order valence-electron chi connectivity index (χ4n) is 1.97. The van der Waals surface area contributed by atoms with Crippen molar-refractivity contribution in [2.75, 3.05) is 37.9 Å². The number of hydrogen-bond donors (Lipinski definition) is 2. The third-order valence-corrected chi connectivity index (χ3v) is 3.68. The van der Waals surface area contributed by atoms with E-state index in [-0.39, 0.29) is 0 Å². The van der Waals surface area contributed by atoms with Crippen LogP contribution in [-0.2, 0) is 0 Å². The van der Waals surface area contributed by atoms with Gasteiger partial charge >= 0.3 is 0 Å². The standard InChI is InChI=1S/C16H18Cl2N2O2/c1-21-15-5-3-11(9-13(15)17)19-7-8-20-12-4-6-16(22-2)14(18)10-12/h3-6,9-10,19-20H,7-8H2,1-2H3. The smallest absolute Gasteiger partial charge is 0.137 e. The maximum atomic E-state index is 6.08. The van der Waals surface area contributed by atoms with Crippen LogP contribution in [0.4, 0.5) is 11.4 Å². The highest BCUT2D eigenvalue weighted by Gasteiger charge is 2.02. The summed E-state index contributed by atoms with van der Waals surface area (Å²) >= 11 is 12.2. The van der Waals surface area contributed by atoms with Gasteiger partial charge in [-0.2, -0.15) is 0 Å². The van der Waals surface area contributed by atoms with Gasteiger partial charge in [-0.25, -0.2) is 0 Å². The van der Waals surface area contributed by atoms with E-state index in [1.54, 1.807) is 14.2 Å². The highest BCUT2D eigenvalue weighted by molar-refractivity contribution is 6.32. The van der Waals surface area contributed by atoms with Crippen LogP contribution in [0.3, 0.4) is 0 Å². The average Bonchev–Trinajstić information content (AvgIpc) is 2.52. The highest BCUT2D eigenvalue weighted by Crippen LogP contribution is 2.28. The van der Waals surface area contributed by atoms with Crippen molar-refractivity contribution in [2.45, 2.75) is 0 Å². The molecule has 0 saturated carbocycles. The first kappa shape index (κ1) is 16.6. The van der Waals surface area contributed by atoms with Gasteiger partial charge in [0.15, 0.2) is 0 Å². The lowest BCUT2D eigenvalue weighted by Crippen LogP contribution is -2.13. The van der Waals surface area contributed by atoms with Gasteiger partial charge in [0.1, 0.15) is 11.5 Å². The van der Waals surface area contributed by atoms with Gasteiger partial charge in [0.05, 0.1) is 24.3 Å². The number of halogens is 2. The van der Waals surface area contributed by atoms with Gasteiger partial charge in [-0.3, -0.25) is 0 Å². The molecule has 2 rings (SSSR count). The summed E-state index contributed by atoms with van der Waals surface area (Å²) in [4.78, 5) is 0. The second kappa shape index (κ2) is 8.01. The van der Waals surface area contributed by atoms with Crippen molar-refractivity contribution in [3.05, 3.63) is 46.4 Å². The topological polar surface area (TPSA) is 42.5 Å². The minimum Gasteiger partial charge on any atom is -0.495 e. The first-order valence-corrected chi connectivity index (χ1v) is 7.54. The molecule has 0 unspecified atom stereocenters. The summed E-state index contributed by atoms with van der Waals surface area (Å²) < 4.78 is 10.2. The van der Waals surface area contributed by atoms with Crippen LogP contribution in [0.5, 0.6) is 11.5 Å². The molecule has 6 heteroatoms. The zero-order chi connectivity index (χ0) is 15.9. The second-order valence-electron chi connectivity index (χ2n) is 4.55. The molecule has 0 radical (unpaired) electrons. The summed E-state index contributed by atoms with van der Waals surface area (Å²) in [5.74, 6) is 1.33. The van der Waals surface area contributed by atoms with Crippen molar-refractivity contribution >= 4 is 34.6 Å². The molecular weight excluding hydrogens is 323 g/mol. The van der Waals surface area contributed by atoms with Gasteiger partial charge in [-0.1, -0.05) is 23.2 Å². The molecule has 0 fully saturated rings. The van der Waals surface area contributed by atoms with E-state index < -0.39 is 0 Å². The van der Waals surface area contributed by atoms with Crippen LogP contribution in [0.2, 0.25) is 10.0 Å². The van der Waals surface area contributed by atoms with Gasteiger partial charge in [-0.05, 0) is 36.4 Å². The molecule has 2 N–H and O–H groups in total. The lowest BCUT2D eigenvalue weighted by Gasteiger charge is -2.11. The first-order valence-electron chi connectivity index (χ1n) is 6.79. The Morgan fingerprint density at radius 1 is 0.773 bits per heavy atom. The van der Waals surface area contributed by atoms with E-state index in [0.717, 1.165) is 24.5 Å². The predicted molar refractivity (Wildman–Crippen MR) is 93.0 cm³/mol. The van der Waals surface area contributed by atoms with Gasteiger partial charge < -0.3 is 20.1 Å². The largest absolute Gasteiger partial charge is 0.495 e. The monoisotopic (exact) mass is 340 g/mol. The minimum absolute atomic E-state index is 0.586. The number of rotatable bonds is 7. The Hall–Kier alpha value is -1.78. The van der Waals surface area contributed by atoms with E-state index in [9.17, 15) is 0 Å². The summed E-state index contributed by atoms with van der Waals surface area (Å²) in [6.45, 7) is 1.48. The van der Waals surface area contributed by atoms with Crippen LogP contribution in [-0.4, -0.2) is 27.3 Å². The number of anilines is 2. The Balaban J connectivity index is 1.82. The Bertz CT molecular complexity index is 580. The molecule has 2 aromatic carbocycles. The molecular formula is C16H18Cl2N2O2. The van der Waals surface area contributed by atoms with Crippen molar-refractivity contribution in [3.8, 4) is 11.5 Å². The third kappa shape index (κ3) is 4.36. The third-order valence-electron chi connectivity index (χ3n) is 3.09. The summed E-state index contributed by atoms with van der Waals surface area (Å²) in [6, 6.07) is 11.2. The Kier molecular flexibility index (Phi) is 6.04. The Morgan fingerprint density at radius 3 is 1.50 bits per heavy atom. The van der Waals surface area contributed by atoms with E-state index in [4.69, 9.17) is 32.7 Å². The molecule has 0 aromatic heterocycles. The second-order valence-corrected chi connectivity index (χ2v) is 5.37. The summed E-state index contributed by atoms with van der Waals surface area (Å²) in [5, 5.41) is 7.74. The van der Waals surface area contributed by atoms with E-state index >= 15 is 0 Å². The van der Waals surface area contributed by atoms with Crippen molar-refractivity contribution in [1.29, 1.82) is 0 Å². The van der Waals surface area contributed by atoms with Crippen molar-refractivity contribution < 1.29 is 9.47 Å². The normalized spacial score (nSPS) is 10.2. The number of methoxy groups -OCH3 is 2. The molecule has 0 amide bonds. The fraction of sp³-hybridized carbons (Fsp3) is 0.250. The molecule has 0 heterocycles. The predicted octanol–water partition coefficient (Wildman–Crippen LogP) is 4.53. The molecule has 118 valence electrons. The molecule has 22 heavy (non-hydrogen) atoms. The minimum atomic E-state index is 0.586. The lowest BCUT2D eigenvalue weighted by molar-refractivity contribution is 0.415. The zero-order valence-electron chi connectivity index (χ0n) is 12.5. The van der Waals surface area contributed by atoms with Crippen LogP contribution >= 0.6 is 23.2 Å². The van der Waals surface area contributed by atoms with Crippen molar-refractivity contribution in [2.24, 2.45) is 0 Å². The summed E-state index contributed by atoms with van der Waals surface area (Å²) in [7, 11) is 3.19. The molecule has 0 bridgehead atoms. The van der Waals surface area contributed by atoms with Crippen molar-refractivity contribution in [3.63, 3.8) is 0 Å². The first-order chi connectivity index (χ1) is 10.6. The molecule has 2 aromatic rings. The van der Waals surface area contributed by atoms with Crippen molar-refractivity contribution in [1.82, 2.24) is 0 Å². The van der Waals surface area contributed by atoms with Crippen LogP contribution in [0.25, 0.3) is 0 Å². The molecule has 0 atom stereocenters. The van der Waals surface area contributed by atoms with Crippen LogP contribution in [0, 0.1) is 0 Å². The average molecular weight is 341 g/mol. The number of nitrogens with one attached hydrogen (secondary N) is 2. The summed E-state index contributed by atoms with van der Waals surface area (Å²) in [6.07, 6.45) is 0. The van der Waals surface area contributed by atoms with E-state index in [0.29, 0.717) is 21.5 Å². The van der Waals surface area contributed by atoms with Gasteiger partial charge in [-0.15, -0.1) is 0 Å². The maximum absolute atomic E-state index is 6.08. The van der Waals surface area contributed by atoms with Gasteiger partial charge in [0.2, 0.25) is 0 Å². The van der Waals surface area contributed by atoms with E-state index in [1.807, 2.05) is 36.4 Å². The lowest BCUT2D eigenvalue weighted by atomic mass is 10.3. The van der Waals surface area contributed by atoms with E-state index in [1.165, 1.54) is 0 Å². The Morgan fingerprint density at radius 2 is 1.18 bits per heavy atom.